The van der Waals surface area contributed by atoms with Crippen molar-refractivity contribution in [2.24, 2.45) is 0 Å². The van der Waals surface area contributed by atoms with Gasteiger partial charge in [0.05, 0.1) is 7.11 Å². The first-order valence-electron chi connectivity index (χ1n) is 12.2. The van der Waals surface area contributed by atoms with Gasteiger partial charge >= 0.3 is 0 Å². The lowest BCUT2D eigenvalue weighted by molar-refractivity contribution is 0.260. The quantitative estimate of drug-likeness (QED) is 0.325. The van der Waals surface area contributed by atoms with Crippen LogP contribution < -0.4 is 15.0 Å². The Labute approximate surface area is 217 Å². The average Bonchev–Trinajstić information content (AvgIpc) is 2.93. The number of methoxy groups -OCH3 is 1. The molecule has 6 nitrogen and oxygen atoms in total. The Kier molecular flexibility index (Phi) is 7.64. The SMILES string of the molecule is COc1cccc(Nc2cc(N3CCN(CCc4cccc(Cl)c4)CC3)nc(-c3ccccc3)n2)c1. The molecule has 1 aliphatic rings. The van der Waals surface area contributed by atoms with Crippen molar-refractivity contribution >= 4 is 28.9 Å². The van der Waals surface area contributed by atoms with Crippen LogP contribution in [0.5, 0.6) is 5.75 Å². The molecule has 4 aromatic rings. The number of nitrogens with one attached hydrogen (secondary N) is 1. The van der Waals surface area contributed by atoms with Gasteiger partial charge in [0.1, 0.15) is 17.4 Å². The number of anilines is 3. The maximum atomic E-state index is 6.15. The predicted octanol–water partition coefficient (Wildman–Crippen LogP) is 5.91. The Morgan fingerprint density at radius 1 is 0.861 bits per heavy atom. The lowest BCUT2D eigenvalue weighted by Gasteiger charge is -2.35. The van der Waals surface area contributed by atoms with E-state index < -0.39 is 0 Å². The average molecular weight is 500 g/mol. The first-order chi connectivity index (χ1) is 17.7. The van der Waals surface area contributed by atoms with E-state index in [-0.39, 0.29) is 0 Å². The van der Waals surface area contributed by atoms with Crippen LogP contribution in [0.2, 0.25) is 5.02 Å². The molecule has 0 bridgehead atoms. The monoisotopic (exact) mass is 499 g/mol. The molecule has 1 aromatic heterocycles. The molecule has 184 valence electrons. The second-order valence-corrected chi connectivity index (χ2v) is 9.30. The molecule has 0 radical (unpaired) electrons. The first kappa shape index (κ1) is 24.1. The molecule has 2 heterocycles. The van der Waals surface area contributed by atoms with Crippen molar-refractivity contribution in [1.82, 2.24) is 14.9 Å². The van der Waals surface area contributed by atoms with Crippen molar-refractivity contribution in [3.8, 4) is 17.1 Å². The smallest absolute Gasteiger partial charge is 0.163 e. The molecule has 3 aromatic carbocycles. The zero-order chi connectivity index (χ0) is 24.7. The summed E-state index contributed by atoms with van der Waals surface area (Å²) in [6.45, 7) is 4.84. The van der Waals surface area contributed by atoms with Crippen LogP contribution in [0.3, 0.4) is 0 Å². The van der Waals surface area contributed by atoms with Crippen LogP contribution in [0, 0.1) is 0 Å². The molecule has 1 fully saturated rings. The van der Waals surface area contributed by atoms with Gasteiger partial charge in [0.15, 0.2) is 5.82 Å². The third-order valence-electron chi connectivity index (χ3n) is 6.39. The van der Waals surface area contributed by atoms with Crippen LogP contribution in [0.4, 0.5) is 17.3 Å². The van der Waals surface area contributed by atoms with E-state index >= 15 is 0 Å². The summed E-state index contributed by atoms with van der Waals surface area (Å²) in [6.07, 6.45) is 1.00. The van der Waals surface area contributed by atoms with Crippen molar-refractivity contribution in [3.63, 3.8) is 0 Å². The third kappa shape index (κ3) is 6.14. The highest BCUT2D eigenvalue weighted by atomic mass is 35.5. The van der Waals surface area contributed by atoms with Gasteiger partial charge in [0, 0.05) is 61.1 Å². The van der Waals surface area contributed by atoms with E-state index in [0.717, 1.165) is 72.8 Å². The minimum absolute atomic E-state index is 0.710. The fourth-order valence-corrected chi connectivity index (χ4v) is 4.62. The number of rotatable bonds is 8. The van der Waals surface area contributed by atoms with Crippen molar-refractivity contribution in [1.29, 1.82) is 0 Å². The van der Waals surface area contributed by atoms with E-state index in [0.29, 0.717) is 5.82 Å². The summed E-state index contributed by atoms with van der Waals surface area (Å²) in [4.78, 5) is 14.6. The summed E-state index contributed by atoms with van der Waals surface area (Å²) in [5, 5.41) is 4.24. The molecule has 36 heavy (non-hydrogen) atoms. The second kappa shape index (κ2) is 11.4. The second-order valence-electron chi connectivity index (χ2n) is 8.87. The largest absolute Gasteiger partial charge is 0.497 e. The van der Waals surface area contributed by atoms with Crippen molar-refractivity contribution < 1.29 is 4.74 Å². The molecule has 7 heteroatoms. The van der Waals surface area contributed by atoms with Crippen molar-refractivity contribution in [2.75, 3.05) is 50.1 Å². The Hall–Kier alpha value is -3.61. The van der Waals surface area contributed by atoms with Gasteiger partial charge in [-0.1, -0.05) is 60.1 Å². The summed E-state index contributed by atoms with van der Waals surface area (Å²) >= 11 is 6.15. The molecular formula is C29H30ClN5O. The number of halogens is 1. The topological polar surface area (TPSA) is 53.5 Å². The van der Waals surface area contributed by atoms with Gasteiger partial charge in [0.2, 0.25) is 0 Å². The molecule has 0 atom stereocenters. The van der Waals surface area contributed by atoms with Gasteiger partial charge in [-0.15, -0.1) is 0 Å². The molecule has 0 spiro atoms. The van der Waals surface area contributed by atoms with Gasteiger partial charge in [-0.2, -0.15) is 0 Å². The molecule has 0 saturated carbocycles. The first-order valence-corrected chi connectivity index (χ1v) is 12.6. The summed E-state index contributed by atoms with van der Waals surface area (Å²) in [7, 11) is 1.67. The van der Waals surface area contributed by atoms with E-state index in [9.17, 15) is 0 Å². The Morgan fingerprint density at radius 2 is 1.67 bits per heavy atom. The number of piperazine rings is 1. The lowest BCUT2D eigenvalue weighted by atomic mass is 10.1. The van der Waals surface area contributed by atoms with Gasteiger partial charge in [-0.05, 0) is 36.2 Å². The van der Waals surface area contributed by atoms with Crippen LogP contribution in [0.15, 0.2) is 84.9 Å². The van der Waals surface area contributed by atoms with Crippen molar-refractivity contribution in [2.45, 2.75) is 6.42 Å². The van der Waals surface area contributed by atoms with Crippen LogP contribution in [-0.4, -0.2) is 54.7 Å². The zero-order valence-corrected chi connectivity index (χ0v) is 21.2. The number of benzene rings is 3. The molecule has 0 amide bonds. The predicted molar refractivity (Wildman–Crippen MR) is 148 cm³/mol. The number of hydrogen-bond donors (Lipinski definition) is 1. The molecular weight excluding hydrogens is 470 g/mol. The fraction of sp³-hybridized carbons (Fsp3) is 0.241. The highest BCUT2D eigenvalue weighted by molar-refractivity contribution is 6.30. The van der Waals surface area contributed by atoms with Gasteiger partial charge in [0.25, 0.3) is 0 Å². The summed E-state index contributed by atoms with van der Waals surface area (Å²) in [5.74, 6) is 3.20. The molecule has 1 N–H and O–H groups in total. The third-order valence-corrected chi connectivity index (χ3v) is 6.62. The number of nitrogens with zero attached hydrogens (tertiary/aromatic N) is 4. The number of hydrogen-bond acceptors (Lipinski definition) is 6. The van der Waals surface area contributed by atoms with E-state index in [2.05, 4.69) is 27.2 Å². The molecule has 1 saturated heterocycles. The van der Waals surface area contributed by atoms with Crippen molar-refractivity contribution in [3.05, 3.63) is 95.5 Å². The fourth-order valence-electron chi connectivity index (χ4n) is 4.41. The minimum atomic E-state index is 0.710. The molecule has 0 unspecified atom stereocenters. The van der Waals surface area contributed by atoms with Crippen LogP contribution in [-0.2, 0) is 6.42 Å². The molecule has 1 aliphatic heterocycles. The van der Waals surface area contributed by atoms with Gasteiger partial charge in [-0.3, -0.25) is 4.90 Å². The minimum Gasteiger partial charge on any atom is -0.497 e. The number of ether oxygens (including phenoxy) is 1. The molecule has 5 rings (SSSR count). The normalized spacial score (nSPS) is 14.0. The number of aromatic nitrogens is 2. The van der Waals surface area contributed by atoms with Gasteiger partial charge in [-0.25, -0.2) is 9.97 Å². The lowest BCUT2D eigenvalue weighted by Crippen LogP contribution is -2.47. The maximum absolute atomic E-state index is 6.15. The van der Waals surface area contributed by atoms with Gasteiger partial charge < -0.3 is 15.0 Å². The summed E-state index contributed by atoms with van der Waals surface area (Å²) in [5.41, 5.74) is 3.19. The van der Waals surface area contributed by atoms with E-state index in [4.69, 9.17) is 26.3 Å². The standard InChI is InChI=1S/C29H30ClN5O/c1-36-26-12-6-11-25(20-26)31-27-21-28(33-29(32-27)23-8-3-2-4-9-23)35-17-15-34(16-18-35)14-13-22-7-5-10-24(30)19-22/h2-12,19-21H,13-18H2,1H3,(H,31,32,33). The van der Waals surface area contributed by atoms with Crippen LogP contribution >= 0.6 is 11.6 Å². The van der Waals surface area contributed by atoms with E-state index in [1.807, 2.05) is 72.8 Å². The summed E-state index contributed by atoms with van der Waals surface area (Å²) in [6, 6.07) is 28.2. The van der Waals surface area contributed by atoms with E-state index in [1.54, 1.807) is 7.11 Å². The summed E-state index contributed by atoms with van der Waals surface area (Å²) < 4.78 is 5.38. The maximum Gasteiger partial charge on any atom is 0.163 e. The zero-order valence-electron chi connectivity index (χ0n) is 20.4. The Balaban J connectivity index is 1.31. The van der Waals surface area contributed by atoms with Crippen LogP contribution in [0.1, 0.15) is 5.56 Å². The Bertz CT molecular complexity index is 1290. The highest BCUT2D eigenvalue weighted by Gasteiger charge is 2.20. The molecule has 0 aliphatic carbocycles. The van der Waals surface area contributed by atoms with Crippen LogP contribution in [0.25, 0.3) is 11.4 Å². The highest BCUT2D eigenvalue weighted by Crippen LogP contribution is 2.27. The van der Waals surface area contributed by atoms with E-state index in [1.165, 1.54) is 5.56 Å². The Morgan fingerprint density at radius 3 is 2.44 bits per heavy atom.